The summed E-state index contributed by atoms with van der Waals surface area (Å²) in [5.41, 5.74) is 6.16. The second kappa shape index (κ2) is 12.2. The van der Waals surface area contributed by atoms with Crippen molar-refractivity contribution in [2.24, 2.45) is 0 Å². The maximum absolute atomic E-state index is 13.1. The first-order valence-electron chi connectivity index (χ1n) is 14.4. The average molecular weight is 580 g/mol. The number of carbonyl (C=O) groups excluding carboxylic acids is 2. The molecule has 3 heterocycles. The zero-order valence-corrected chi connectivity index (χ0v) is 25.2. The van der Waals surface area contributed by atoms with Gasteiger partial charge in [0.2, 0.25) is 0 Å². The number of anilines is 3. The van der Waals surface area contributed by atoms with E-state index in [9.17, 15) is 14.4 Å². The number of H-pyrrole nitrogens is 1. The number of morpholine rings is 1. The summed E-state index contributed by atoms with van der Waals surface area (Å²) in [6.07, 6.45) is 1.51. The third-order valence-corrected chi connectivity index (χ3v) is 7.62. The molecule has 1 aliphatic heterocycles. The standard InChI is InChI=1S/C34H37N5O4/c1-21-6-7-24(18-28(21)38-31(40)23-8-11-26(12-9-23)34(3,4)5)27-19-29(32(41)36-22(27)2)37-30-13-10-25(20-35-30)33(42)39-14-16-43-17-15-39/h6-13,18-20H,14-17H2,1-5H3,(H,35,37)(H,36,41)(H,38,40). The number of pyridine rings is 2. The summed E-state index contributed by atoms with van der Waals surface area (Å²) in [6.45, 7) is 12.3. The molecular weight excluding hydrogens is 542 g/mol. The number of nitrogens with one attached hydrogen (secondary N) is 3. The molecule has 1 aliphatic rings. The third kappa shape index (κ3) is 6.84. The van der Waals surface area contributed by atoms with Gasteiger partial charge in [-0.3, -0.25) is 14.4 Å². The number of aromatic nitrogens is 2. The number of nitrogens with zero attached hydrogens (tertiary/aromatic N) is 2. The summed E-state index contributed by atoms with van der Waals surface area (Å²) in [5.74, 6) is 0.151. The van der Waals surface area contributed by atoms with Crippen LogP contribution in [0.5, 0.6) is 0 Å². The van der Waals surface area contributed by atoms with Gasteiger partial charge in [-0.05, 0) is 72.4 Å². The van der Waals surface area contributed by atoms with Crippen LogP contribution >= 0.6 is 0 Å². The van der Waals surface area contributed by atoms with Crippen molar-refractivity contribution >= 4 is 29.0 Å². The van der Waals surface area contributed by atoms with E-state index in [0.717, 1.165) is 22.3 Å². The van der Waals surface area contributed by atoms with Gasteiger partial charge in [0.15, 0.2) is 0 Å². The fourth-order valence-electron chi connectivity index (χ4n) is 4.94. The molecule has 1 saturated heterocycles. The molecule has 2 aromatic heterocycles. The van der Waals surface area contributed by atoms with Crippen LogP contribution in [-0.4, -0.2) is 53.0 Å². The minimum atomic E-state index is -0.295. The molecule has 0 unspecified atom stereocenters. The minimum absolute atomic E-state index is 0.00372. The van der Waals surface area contributed by atoms with Gasteiger partial charge >= 0.3 is 0 Å². The number of hydrogen-bond acceptors (Lipinski definition) is 6. The quantitative estimate of drug-likeness (QED) is 0.265. The highest BCUT2D eigenvalue weighted by Gasteiger charge is 2.19. The number of amides is 2. The predicted octanol–water partition coefficient (Wildman–Crippen LogP) is 5.82. The molecule has 0 radical (unpaired) electrons. The smallest absolute Gasteiger partial charge is 0.271 e. The second-order valence-electron chi connectivity index (χ2n) is 11.8. The van der Waals surface area contributed by atoms with Gasteiger partial charge in [-0.2, -0.15) is 0 Å². The molecule has 0 saturated carbocycles. The molecule has 3 N–H and O–H groups in total. The van der Waals surface area contributed by atoms with Gasteiger partial charge < -0.3 is 25.3 Å². The van der Waals surface area contributed by atoms with Crippen LogP contribution in [0.2, 0.25) is 0 Å². The van der Waals surface area contributed by atoms with E-state index in [-0.39, 0.29) is 22.8 Å². The van der Waals surface area contributed by atoms with Crippen LogP contribution < -0.4 is 16.2 Å². The number of hydrogen-bond donors (Lipinski definition) is 3. The summed E-state index contributed by atoms with van der Waals surface area (Å²) >= 11 is 0. The van der Waals surface area contributed by atoms with Crippen LogP contribution in [0.25, 0.3) is 11.1 Å². The Labute approximate surface area is 251 Å². The Morgan fingerprint density at radius 2 is 1.60 bits per heavy atom. The Morgan fingerprint density at radius 1 is 0.907 bits per heavy atom. The van der Waals surface area contributed by atoms with E-state index in [1.165, 1.54) is 6.20 Å². The van der Waals surface area contributed by atoms with Gasteiger partial charge in [0.1, 0.15) is 11.5 Å². The lowest BCUT2D eigenvalue weighted by Gasteiger charge is -2.26. The molecule has 0 spiro atoms. The molecule has 0 atom stereocenters. The molecule has 2 amide bonds. The molecule has 0 aliphatic carbocycles. The van der Waals surface area contributed by atoms with E-state index in [4.69, 9.17) is 4.74 Å². The zero-order valence-electron chi connectivity index (χ0n) is 25.2. The van der Waals surface area contributed by atoms with Crippen molar-refractivity contribution < 1.29 is 14.3 Å². The molecule has 222 valence electrons. The van der Waals surface area contributed by atoms with Crippen molar-refractivity contribution in [3.05, 3.63) is 105 Å². The monoisotopic (exact) mass is 579 g/mol. The first-order valence-corrected chi connectivity index (χ1v) is 14.4. The maximum Gasteiger partial charge on any atom is 0.271 e. The number of rotatable bonds is 6. The topological polar surface area (TPSA) is 116 Å². The molecule has 43 heavy (non-hydrogen) atoms. The molecule has 1 fully saturated rings. The third-order valence-electron chi connectivity index (χ3n) is 7.62. The van der Waals surface area contributed by atoms with Crippen molar-refractivity contribution in [1.29, 1.82) is 0 Å². The minimum Gasteiger partial charge on any atom is -0.378 e. The van der Waals surface area contributed by atoms with Crippen molar-refractivity contribution in [1.82, 2.24) is 14.9 Å². The van der Waals surface area contributed by atoms with Crippen LogP contribution in [0, 0.1) is 13.8 Å². The number of aromatic amines is 1. The molecule has 9 heteroatoms. The van der Waals surface area contributed by atoms with E-state index >= 15 is 0 Å². The van der Waals surface area contributed by atoms with E-state index in [0.29, 0.717) is 60.3 Å². The number of ether oxygens (including phenoxy) is 1. The van der Waals surface area contributed by atoms with Gasteiger partial charge in [0.25, 0.3) is 17.4 Å². The Hall–Kier alpha value is -4.76. The van der Waals surface area contributed by atoms with Crippen LogP contribution in [0.4, 0.5) is 17.2 Å². The Balaban J connectivity index is 1.35. The van der Waals surface area contributed by atoms with E-state index in [1.807, 2.05) is 56.3 Å². The van der Waals surface area contributed by atoms with Crippen molar-refractivity contribution in [2.75, 3.05) is 36.9 Å². The van der Waals surface area contributed by atoms with E-state index in [2.05, 4.69) is 41.4 Å². The normalized spacial score (nSPS) is 13.5. The van der Waals surface area contributed by atoms with Gasteiger partial charge in [-0.25, -0.2) is 4.98 Å². The first kappa shape index (κ1) is 29.7. The van der Waals surface area contributed by atoms with Crippen molar-refractivity contribution in [2.45, 2.75) is 40.0 Å². The fraction of sp³-hybridized carbons (Fsp3) is 0.294. The number of benzene rings is 2. The lowest BCUT2D eigenvalue weighted by Crippen LogP contribution is -2.40. The Kier molecular flexibility index (Phi) is 8.45. The van der Waals surface area contributed by atoms with Crippen LogP contribution in [0.1, 0.15) is 58.3 Å². The van der Waals surface area contributed by atoms with Crippen LogP contribution in [0.3, 0.4) is 0 Å². The Morgan fingerprint density at radius 3 is 2.26 bits per heavy atom. The summed E-state index contributed by atoms with van der Waals surface area (Å²) in [7, 11) is 0. The van der Waals surface area contributed by atoms with Crippen LogP contribution in [-0.2, 0) is 10.2 Å². The molecule has 5 rings (SSSR count). The number of aryl methyl sites for hydroxylation is 2. The predicted molar refractivity (Wildman–Crippen MR) is 169 cm³/mol. The van der Waals surface area contributed by atoms with Gasteiger partial charge in [-0.15, -0.1) is 0 Å². The highest BCUT2D eigenvalue weighted by molar-refractivity contribution is 6.05. The first-order chi connectivity index (χ1) is 20.5. The zero-order chi connectivity index (χ0) is 30.7. The molecule has 0 bridgehead atoms. The average Bonchev–Trinajstić information content (AvgIpc) is 3.00. The number of carbonyl (C=O) groups is 2. The second-order valence-corrected chi connectivity index (χ2v) is 11.8. The van der Waals surface area contributed by atoms with Crippen molar-refractivity contribution in [3.63, 3.8) is 0 Å². The Bertz CT molecular complexity index is 1700. The summed E-state index contributed by atoms with van der Waals surface area (Å²) in [4.78, 5) is 47.7. The molecular formula is C34H37N5O4. The van der Waals surface area contributed by atoms with Gasteiger partial charge in [0, 0.05) is 41.8 Å². The largest absolute Gasteiger partial charge is 0.378 e. The molecule has 9 nitrogen and oxygen atoms in total. The molecule has 2 aromatic carbocycles. The SMILES string of the molecule is Cc1ccc(-c2cc(Nc3ccc(C(=O)N4CCOCC4)cn3)c(=O)[nH]c2C)cc1NC(=O)c1ccc(C(C)(C)C)cc1. The lowest BCUT2D eigenvalue weighted by molar-refractivity contribution is 0.0302. The van der Waals surface area contributed by atoms with E-state index in [1.54, 1.807) is 23.1 Å². The van der Waals surface area contributed by atoms with Gasteiger partial charge in [-0.1, -0.05) is 45.0 Å². The summed E-state index contributed by atoms with van der Waals surface area (Å²) in [6, 6.07) is 18.6. The fourth-order valence-corrected chi connectivity index (χ4v) is 4.94. The summed E-state index contributed by atoms with van der Waals surface area (Å²) in [5, 5.41) is 6.12. The van der Waals surface area contributed by atoms with E-state index < -0.39 is 0 Å². The van der Waals surface area contributed by atoms with Crippen molar-refractivity contribution in [3.8, 4) is 11.1 Å². The summed E-state index contributed by atoms with van der Waals surface area (Å²) < 4.78 is 5.32. The van der Waals surface area contributed by atoms with Gasteiger partial charge in [0.05, 0.1) is 18.8 Å². The van der Waals surface area contributed by atoms with Crippen LogP contribution in [0.15, 0.2) is 71.7 Å². The highest BCUT2D eigenvalue weighted by atomic mass is 16.5. The highest BCUT2D eigenvalue weighted by Crippen LogP contribution is 2.29. The lowest BCUT2D eigenvalue weighted by atomic mass is 9.86. The molecule has 4 aromatic rings. The maximum atomic E-state index is 13.1.